The highest BCUT2D eigenvalue weighted by molar-refractivity contribution is 7.89. The van der Waals surface area contributed by atoms with E-state index < -0.39 is 10.0 Å². The minimum Gasteiger partial charge on any atom is -0.320 e. The van der Waals surface area contributed by atoms with Crippen LogP contribution in [0.5, 0.6) is 0 Å². The minimum absolute atomic E-state index is 0.0758. The molecule has 1 atom stereocenters. The Morgan fingerprint density at radius 2 is 2.10 bits per heavy atom. The van der Waals surface area contributed by atoms with E-state index in [-0.39, 0.29) is 17.5 Å². The van der Waals surface area contributed by atoms with Crippen molar-refractivity contribution in [2.75, 3.05) is 6.54 Å². The molecule has 0 aliphatic carbocycles. The molecule has 1 rings (SSSR count). The molecule has 116 valence electrons. The zero-order valence-electron chi connectivity index (χ0n) is 12.9. The molecule has 0 fully saturated rings. The highest BCUT2D eigenvalue weighted by Gasteiger charge is 2.19. The van der Waals surface area contributed by atoms with Crippen LogP contribution in [0.15, 0.2) is 23.1 Å². The second kappa shape index (κ2) is 8.18. The number of benzene rings is 1. The zero-order valence-corrected chi connectivity index (χ0v) is 13.8. The predicted octanol–water partition coefficient (Wildman–Crippen LogP) is 2.16. The summed E-state index contributed by atoms with van der Waals surface area (Å²) in [6, 6.07) is 5.10. The van der Waals surface area contributed by atoms with Crippen LogP contribution in [0.3, 0.4) is 0 Å². The van der Waals surface area contributed by atoms with Crippen molar-refractivity contribution in [1.82, 2.24) is 4.72 Å². The molecule has 0 spiro atoms. The second-order valence-electron chi connectivity index (χ2n) is 5.15. The molecule has 21 heavy (non-hydrogen) atoms. The second-order valence-corrected chi connectivity index (χ2v) is 6.83. The first kappa shape index (κ1) is 17.7. The van der Waals surface area contributed by atoms with Crippen LogP contribution in [0, 0.1) is 18.8 Å². The van der Waals surface area contributed by atoms with E-state index in [2.05, 4.69) is 23.5 Å². The summed E-state index contributed by atoms with van der Waals surface area (Å²) < 4.78 is 27.7. The van der Waals surface area contributed by atoms with Crippen LogP contribution in [0.1, 0.15) is 44.2 Å². The van der Waals surface area contributed by atoms with Gasteiger partial charge in [-0.2, -0.15) is 0 Å². The van der Waals surface area contributed by atoms with E-state index in [9.17, 15) is 8.42 Å². The number of aryl methyl sites for hydroxylation is 1. The van der Waals surface area contributed by atoms with E-state index in [4.69, 9.17) is 5.73 Å². The summed E-state index contributed by atoms with van der Waals surface area (Å²) in [7, 11) is -3.52. The van der Waals surface area contributed by atoms with Gasteiger partial charge in [0.05, 0.1) is 11.4 Å². The highest BCUT2D eigenvalue weighted by atomic mass is 32.2. The molecule has 1 aromatic rings. The van der Waals surface area contributed by atoms with E-state index in [0.29, 0.717) is 11.1 Å². The molecule has 0 radical (unpaired) electrons. The third-order valence-corrected chi connectivity index (χ3v) is 4.89. The summed E-state index contributed by atoms with van der Waals surface area (Å²) in [4.78, 5) is 0.287. The van der Waals surface area contributed by atoms with Gasteiger partial charge in [-0.15, -0.1) is 0 Å². The molecule has 0 aliphatic rings. The highest BCUT2D eigenvalue weighted by Crippen LogP contribution is 2.17. The number of sulfonamides is 1. The van der Waals surface area contributed by atoms with Crippen LogP contribution < -0.4 is 10.5 Å². The zero-order chi connectivity index (χ0) is 15.9. The van der Waals surface area contributed by atoms with Crippen LogP contribution in [-0.2, 0) is 10.0 Å². The Kier molecular flexibility index (Phi) is 6.90. The molecule has 1 unspecified atom stereocenters. The SMILES string of the molecule is CCCCC(C)NS(=O)(=O)c1cc(C#CCN)ccc1C. The van der Waals surface area contributed by atoms with E-state index in [1.807, 2.05) is 6.92 Å². The van der Waals surface area contributed by atoms with Crippen molar-refractivity contribution in [3.8, 4) is 11.8 Å². The van der Waals surface area contributed by atoms with Crippen LogP contribution in [-0.4, -0.2) is 21.0 Å². The van der Waals surface area contributed by atoms with Gasteiger partial charge in [0, 0.05) is 11.6 Å². The fourth-order valence-electron chi connectivity index (χ4n) is 2.02. The average molecular weight is 308 g/mol. The number of nitrogens with one attached hydrogen (secondary N) is 1. The van der Waals surface area contributed by atoms with Gasteiger partial charge in [-0.05, 0) is 38.0 Å². The molecule has 0 aromatic heterocycles. The first-order chi connectivity index (χ1) is 9.90. The Labute approximate surface area is 128 Å². The van der Waals surface area contributed by atoms with Crippen molar-refractivity contribution >= 4 is 10.0 Å². The van der Waals surface area contributed by atoms with Crippen LogP contribution >= 0.6 is 0 Å². The van der Waals surface area contributed by atoms with E-state index in [1.54, 1.807) is 25.1 Å². The lowest BCUT2D eigenvalue weighted by atomic mass is 10.1. The largest absolute Gasteiger partial charge is 0.320 e. The van der Waals surface area contributed by atoms with Crippen molar-refractivity contribution in [2.24, 2.45) is 5.73 Å². The first-order valence-corrected chi connectivity index (χ1v) is 8.71. The molecule has 0 amide bonds. The van der Waals surface area contributed by atoms with Crippen LogP contribution in [0.4, 0.5) is 0 Å². The summed E-state index contributed by atoms with van der Waals surface area (Å²) in [6.45, 7) is 6.01. The van der Waals surface area contributed by atoms with Crippen molar-refractivity contribution in [2.45, 2.75) is 51.0 Å². The Bertz CT molecular complexity index is 627. The molecule has 5 heteroatoms. The van der Waals surface area contributed by atoms with Gasteiger partial charge in [0.25, 0.3) is 0 Å². The molecule has 4 nitrogen and oxygen atoms in total. The minimum atomic E-state index is -3.52. The third kappa shape index (κ3) is 5.50. The van der Waals surface area contributed by atoms with Crippen molar-refractivity contribution in [3.05, 3.63) is 29.3 Å². The predicted molar refractivity (Wildman–Crippen MR) is 86.4 cm³/mol. The molecule has 1 aromatic carbocycles. The summed E-state index contributed by atoms with van der Waals surface area (Å²) in [6.07, 6.45) is 2.89. The van der Waals surface area contributed by atoms with Gasteiger partial charge >= 0.3 is 0 Å². The molecular formula is C16H24N2O2S. The van der Waals surface area contributed by atoms with Crippen LogP contribution in [0.25, 0.3) is 0 Å². The summed E-state index contributed by atoms with van der Waals surface area (Å²) in [5.74, 6) is 5.60. The number of hydrogen-bond donors (Lipinski definition) is 2. The number of nitrogens with two attached hydrogens (primary N) is 1. The number of hydrogen-bond acceptors (Lipinski definition) is 3. The average Bonchev–Trinajstić information content (AvgIpc) is 2.43. The van der Waals surface area contributed by atoms with Gasteiger partial charge in [-0.1, -0.05) is 37.7 Å². The van der Waals surface area contributed by atoms with Gasteiger partial charge < -0.3 is 5.73 Å². The van der Waals surface area contributed by atoms with Crippen molar-refractivity contribution in [1.29, 1.82) is 0 Å². The standard InChI is InChI=1S/C16H24N2O2S/c1-4-5-7-14(3)18-21(19,20)16-12-15(8-6-11-17)10-9-13(16)2/h9-10,12,14,18H,4-5,7,11,17H2,1-3H3. The monoisotopic (exact) mass is 308 g/mol. The smallest absolute Gasteiger partial charge is 0.241 e. The fourth-order valence-corrected chi connectivity index (χ4v) is 3.57. The van der Waals surface area contributed by atoms with Gasteiger partial charge in [-0.3, -0.25) is 0 Å². The Balaban J connectivity index is 3.01. The molecule has 0 saturated carbocycles. The summed E-state index contributed by atoms with van der Waals surface area (Å²) >= 11 is 0. The van der Waals surface area contributed by atoms with Gasteiger partial charge in [-0.25, -0.2) is 13.1 Å². The number of unbranched alkanes of at least 4 members (excludes halogenated alkanes) is 1. The van der Waals surface area contributed by atoms with E-state index in [1.165, 1.54) is 0 Å². The van der Waals surface area contributed by atoms with Crippen LogP contribution in [0.2, 0.25) is 0 Å². The third-order valence-electron chi connectivity index (χ3n) is 3.16. The van der Waals surface area contributed by atoms with E-state index in [0.717, 1.165) is 19.3 Å². The maximum atomic E-state index is 12.5. The lowest BCUT2D eigenvalue weighted by Gasteiger charge is -2.15. The first-order valence-electron chi connectivity index (χ1n) is 7.22. The maximum Gasteiger partial charge on any atom is 0.241 e. The molecule has 3 N–H and O–H groups in total. The van der Waals surface area contributed by atoms with Gasteiger partial charge in [0.15, 0.2) is 0 Å². The lowest BCUT2D eigenvalue weighted by molar-refractivity contribution is 0.534. The Hall–Kier alpha value is -1.35. The summed E-state index contributed by atoms with van der Waals surface area (Å²) in [5, 5.41) is 0. The Morgan fingerprint density at radius 1 is 1.38 bits per heavy atom. The topological polar surface area (TPSA) is 72.2 Å². The molecule has 0 heterocycles. The van der Waals surface area contributed by atoms with Crippen molar-refractivity contribution in [3.63, 3.8) is 0 Å². The van der Waals surface area contributed by atoms with E-state index >= 15 is 0 Å². The van der Waals surface area contributed by atoms with Gasteiger partial charge in [0.2, 0.25) is 10.0 Å². The molecule has 0 saturated heterocycles. The molecule has 0 bridgehead atoms. The van der Waals surface area contributed by atoms with Gasteiger partial charge in [0.1, 0.15) is 0 Å². The number of rotatable bonds is 6. The quantitative estimate of drug-likeness (QED) is 0.791. The lowest BCUT2D eigenvalue weighted by Crippen LogP contribution is -2.33. The van der Waals surface area contributed by atoms with Crippen molar-refractivity contribution < 1.29 is 8.42 Å². The maximum absolute atomic E-state index is 12.5. The molecule has 0 aliphatic heterocycles. The summed E-state index contributed by atoms with van der Waals surface area (Å²) in [5.41, 5.74) is 6.71. The Morgan fingerprint density at radius 3 is 2.71 bits per heavy atom. The fraction of sp³-hybridized carbons (Fsp3) is 0.500. The molecular weight excluding hydrogens is 284 g/mol. The normalized spacial score (nSPS) is 12.6.